The number of anilines is 1. The van der Waals surface area contributed by atoms with Gasteiger partial charge in [0.1, 0.15) is 11.5 Å². The molecule has 0 saturated carbocycles. The number of para-hydroxylation sites is 1. The van der Waals surface area contributed by atoms with Gasteiger partial charge in [-0.3, -0.25) is 4.79 Å². The average Bonchev–Trinajstić information content (AvgIpc) is 3.22. The number of nitrogens with zero attached hydrogens (tertiary/aromatic N) is 2. The summed E-state index contributed by atoms with van der Waals surface area (Å²) >= 11 is 3.58. The van der Waals surface area contributed by atoms with Crippen LogP contribution in [0.5, 0.6) is 0 Å². The lowest BCUT2D eigenvalue weighted by Gasteiger charge is -2.10. The van der Waals surface area contributed by atoms with Crippen LogP contribution < -0.4 is 5.01 Å². The number of carbonyl (C=O) groups excluding carboxylic acids is 1. The van der Waals surface area contributed by atoms with E-state index in [9.17, 15) is 4.79 Å². The van der Waals surface area contributed by atoms with Gasteiger partial charge in [0.25, 0.3) is 5.91 Å². The van der Waals surface area contributed by atoms with Gasteiger partial charge in [0.2, 0.25) is 0 Å². The number of hydrogen-bond acceptors (Lipinski definition) is 3. The van der Waals surface area contributed by atoms with Crippen molar-refractivity contribution < 1.29 is 9.21 Å². The molecule has 0 aliphatic carbocycles. The molecule has 2 heterocycles. The predicted octanol–water partition coefficient (Wildman–Crippen LogP) is 5.82. The maximum Gasteiger partial charge on any atom is 0.280 e. The average molecular weight is 421 g/mol. The van der Waals surface area contributed by atoms with Crippen molar-refractivity contribution in [2.75, 3.05) is 5.01 Å². The standard InChI is InChI=1S/C22H17BrN2O2/c1-14-8-10-18(20(23)12-14)21-11-9-17(27-21)13-19-15(2)24-25(22(19)26)16-6-4-3-5-7-16/h3-13H,1-2H3/b19-13+. The van der Waals surface area contributed by atoms with Crippen molar-refractivity contribution in [2.45, 2.75) is 13.8 Å². The molecule has 0 unspecified atom stereocenters. The zero-order valence-corrected chi connectivity index (χ0v) is 16.5. The molecule has 0 atom stereocenters. The van der Waals surface area contributed by atoms with Gasteiger partial charge in [0.15, 0.2) is 0 Å². The summed E-state index contributed by atoms with van der Waals surface area (Å²) in [4.78, 5) is 12.8. The van der Waals surface area contributed by atoms with Crippen LogP contribution in [-0.4, -0.2) is 11.6 Å². The maximum atomic E-state index is 12.8. The van der Waals surface area contributed by atoms with Gasteiger partial charge in [-0.15, -0.1) is 0 Å². The zero-order valence-electron chi connectivity index (χ0n) is 14.9. The molecule has 4 nitrogen and oxygen atoms in total. The van der Waals surface area contributed by atoms with E-state index < -0.39 is 0 Å². The number of aryl methyl sites for hydroxylation is 1. The number of hydrazone groups is 1. The lowest BCUT2D eigenvalue weighted by atomic mass is 10.1. The van der Waals surface area contributed by atoms with Crippen LogP contribution in [0.2, 0.25) is 0 Å². The Morgan fingerprint density at radius 3 is 2.56 bits per heavy atom. The number of furan rings is 1. The molecule has 134 valence electrons. The molecule has 1 aromatic heterocycles. The minimum Gasteiger partial charge on any atom is -0.457 e. The number of rotatable bonds is 3. The van der Waals surface area contributed by atoms with Gasteiger partial charge in [-0.05, 0) is 61.9 Å². The number of amides is 1. The number of carbonyl (C=O) groups is 1. The Morgan fingerprint density at radius 2 is 1.81 bits per heavy atom. The third-order valence-electron chi connectivity index (χ3n) is 4.37. The first-order chi connectivity index (χ1) is 13.0. The van der Waals surface area contributed by atoms with E-state index in [1.54, 1.807) is 6.08 Å². The van der Waals surface area contributed by atoms with Gasteiger partial charge in [0.05, 0.1) is 17.0 Å². The summed E-state index contributed by atoms with van der Waals surface area (Å²) in [6.07, 6.45) is 1.75. The molecule has 2 aromatic carbocycles. The molecule has 27 heavy (non-hydrogen) atoms. The zero-order chi connectivity index (χ0) is 19.0. The Balaban J connectivity index is 1.64. The third kappa shape index (κ3) is 3.38. The van der Waals surface area contributed by atoms with Gasteiger partial charge in [-0.25, -0.2) is 0 Å². The molecule has 0 saturated heterocycles. The summed E-state index contributed by atoms with van der Waals surface area (Å²) in [6, 6.07) is 19.3. The topological polar surface area (TPSA) is 45.8 Å². The number of halogens is 1. The summed E-state index contributed by atoms with van der Waals surface area (Å²) in [5.74, 6) is 1.20. The quantitative estimate of drug-likeness (QED) is 0.500. The van der Waals surface area contributed by atoms with E-state index in [1.165, 1.54) is 10.6 Å². The molecule has 1 amide bonds. The normalized spacial score (nSPS) is 15.5. The summed E-state index contributed by atoms with van der Waals surface area (Å²) in [5.41, 5.74) is 4.08. The molecule has 4 rings (SSSR count). The summed E-state index contributed by atoms with van der Waals surface area (Å²) < 4.78 is 6.93. The van der Waals surface area contributed by atoms with Crippen molar-refractivity contribution in [2.24, 2.45) is 5.10 Å². The summed E-state index contributed by atoms with van der Waals surface area (Å²) in [6.45, 7) is 3.87. The first-order valence-electron chi connectivity index (χ1n) is 8.56. The van der Waals surface area contributed by atoms with Crippen LogP contribution in [0.4, 0.5) is 5.69 Å². The Bertz CT molecular complexity index is 1080. The Morgan fingerprint density at radius 1 is 1.04 bits per heavy atom. The molecule has 0 fully saturated rings. The van der Waals surface area contributed by atoms with Gasteiger partial charge in [0, 0.05) is 10.0 Å². The van der Waals surface area contributed by atoms with E-state index in [0.717, 1.165) is 21.5 Å². The molecular formula is C22H17BrN2O2. The molecular weight excluding hydrogens is 404 g/mol. The number of benzene rings is 2. The second kappa shape index (κ2) is 7.00. The summed E-state index contributed by atoms with van der Waals surface area (Å²) in [5, 5.41) is 5.81. The van der Waals surface area contributed by atoms with Gasteiger partial charge >= 0.3 is 0 Å². The van der Waals surface area contributed by atoms with Crippen molar-refractivity contribution in [3.8, 4) is 11.3 Å². The maximum absolute atomic E-state index is 12.8. The van der Waals surface area contributed by atoms with Gasteiger partial charge in [-0.1, -0.05) is 40.2 Å². The fraction of sp³-hybridized carbons (Fsp3) is 0.0909. The monoisotopic (exact) mass is 420 g/mol. The van der Waals surface area contributed by atoms with E-state index in [1.807, 2.05) is 74.5 Å². The highest BCUT2D eigenvalue weighted by Gasteiger charge is 2.28. The van der Waals surface area contributed by atoms with Crippen molar-refractivity contribution in [3.63, 3.8) is 0 Å². The molecule has 0 bridgehead atoms. The van der Waals surface area contributed by atoms with Crippen LogP contribution >= 0.6 is 15.9 Å². The van der Waals surface area contributed by atoms with E-state index in [-0.39, 0.29) is 5.91 Å². The largest absolute Gasteiger partial charge is 0.457 e. The smallest absolute Gasteiger partial charge is 0.280 e. The highest BCUT2D eigenvalue weighted by molar-refractivity contribution is 9.10. The van der Waals surface area contributed by atoms with Gasteiger partial charge in [-0.2, -0.15) is 10.1 Å². The van der Waals surface area contributed by atoms with Crippen LogP contribution in [0.25, 0.3) is 17.4 Å². The van der Waals surface area contributed by atoms with Crippen LogP contribution in [0.3, 0.4) is 0 Å². The molecule has 5 heteroatoms. The fourth-order valence-corrected chi connectivity index (χ4v) is 3.65. The highest BCUT2D eigenvalue weighted by atomic mass is 79.9. The molecule has 1 aliphatic heterocycles. The second-order valence-corrected chi connectivity index (χ2v) is 7.24. The molecule has 0 radical (unpaired) electrons. The van der Waals surface area contributed by atoms with Crippen LogP contribution in [0, 0.1) is 6.92 Å². The Labute approximate surface area is 165 Å². The molecule has 0 spiro atoms. The first-order valence-corrected chi connectivity index (χ1v) is 9.35. The lowest BCUT2D eigenvalue weighted by Crippen LogP contribution is -2.21. The van der Waals surface area contributed by atoms with E-state index in [0.29, 0.717) is 17.0 Å². The third-order valence-corrected chi connectivity index (χ3v) is 5.02. The van der Waals surface area contributed by atoms with Crippen LogP contribution in [-0.2, 0) is 4.79 Å². The van der Waals surface area contributed by atoms with Crippen LogP contribution in [0.1, 0.15) is 18.2 Å². The molecule has 1 aliphatic rings. The second-order valence-electron chi connectivity index (χ2n) is 6.38. The molecule has 3 aromatic rings. The Kier molecular flexibility index (Phi) is 4.54. The minimum absolute atomic E-state index is 0.159. The first kappa shape index (κ1) is 17.5. The van der Waals surface area contributed by atoms with Crippen molar-refractivity contribution in [1.82, 2.24) is 0 Å². The Hall–Kier alpha value is -2.92. The van der Waals surface area contributed by atoms with E-state index in [4.69, 9.17) is 4.42 Å². The van der Waals surface area contributed by atoms with Crippen molar-refractivity contribution in [3.05, 3.63) is 82.0 Å². The minimum atomic E-state index is -0.159. The van der Waals surface area contributed by atoms with E-state index >= 15 is 0 Å². The predicted molar refractivity (Wildman–Crippen MR) is 112 cm³/mol. The van der Waals surface area contributed by atoms with Gasteiger partial charge < -0.3 is 4.42 Å². The fourth-order valence-electron chi connectivity index (χ4n) is 2.97. The molecule has 0 N–H and O–H groups in total. The highest BCUT2D eigenvalue weighted by Crippen LogP contribution is 2.32. The van der Waals surface area contributed by atoms with Crippen LogP contribution in [0.15, 0.2) is 80.2 Å². The summed E-state index contributed by atoms with van der Waals surface area (Å²) in [7, 11) is 0. The van der Waals surface area contributed by atoms with E-state index in [2.05, 4.69) is 21.0 Å². The SMILES string of the molecule is CC1=NN(c2ccccc2)C(=O)/C1=C/c1ccc(-c2ccc(C)cc2Br)o1. The van der Waals surface area contributed by atoms with Crippen molar-refractivity contribution >= 4 is 39.3 Å². The lowest BCUT2D eigenvalue weighted by molar-refractivity contribution is -0.114. The van der Waals surface area contributed by atoms with Crippen molar-refractivity contribution in [1.29, 1.82) is 0 Å². The number of hydrogen-bond donors (Lipinski definition) is 0.